The van der Waals surface area contributed by atoms with Crippen LogP contribution in [0.25, 0.3) is 0 Å². The van der Waals surface area contributed by atoms with Crippen molar-refractivity contribution in [2.75, 3.05) is 0 Å². The Morgan fingerprint density at radius 2 is 0.269 bits per heavy atom. The molecule has 0 spiro atoms. The molecule has 0 radical (unpaired) electrons. The standard InChI is InChI=1S/Ce.5H3O4P/c;5*1-5(2,3)4/h;5*(H3,1,2,3,4). The van der Waals surface area contributed by atoms with Crippen molar-refractivity contribution in [3.05, 3.63) is 0 Å². The minimum absolute atomic E-state index is 0. The molecule has 0 aliphatic rings. The van der Waals surface area contributed by atoms with Gasteiger partial charge in [0.1, 0.15) is 0 Å². The Morgan fingerprint density at radius 1 is 0.269 bits per heavy atom. The van der Waals surface area contributed by atoms with Gasteiger partial charge in [-0.3, -0.25) is 0 Å². The Hall–Kier alpha value is 1.93. The topological polar surface area (TPSA) is 389 Å². The van der Waals surface area contributed by atoms with Gasteiger partial charge in [0.25, 0.3) is 0 Å². The van der Waals surface area contributed by atoms with Crippen LogP contribution in [-0.2, 0) is 22.8 Å². The Bertz CT molecular complexity index is 371. The summed E-state index contributed by atoms with van der Waals surface area (Å²) in [6, 6.07) is 0. The van der Waals surface area contributed by atoms with Crippen LogP contribution >= 0.6 is 39.1 Å². The summed E-state index contributed by atoms with van der Waals surface area (Å²) in [5.41, 5.74) is 0. The molecule has 0 saturated heterocycles. The van der Waals surface area contributed by atoms with Gasteiger partial charge >= 0.3 is 39.1 Å². The third-order valence-corrected chi connectivity index (χ3v) is 0. The fourth-order valence-corrected chi connectivity index (χ4v) is 0. The quantitative estimate of drug-likeness (QED) is 0.112. The summed E-state index contributed by atoms with van der Waals surface area (Å²) in [6.07, 6.45) is 0. The largest absolute Gasteiger partial charge is 0.466 e. The van der Waals surface area contributed by atoms with Crippen molar-refractivity contribution in [1.82, 2.24) is 0 Å². The number of hydrogen-bond donors (Lipinski definition) is 15. The molecule has 164 valence electrons. The van der Waals surface area contributed by atoms with Crippen molar-refractivity contribution in [3.63, 3.8) is 0 Å². The van der Waals surface area contributed by atoms with E-state index in [1.54, 1.807) is 0 Å². The first-order chi connectivity index (χ1) is 10.0. The van der Waals surface area contributed by atoms with Crippen molar-refractivity contribution in [3.8, 4) is 0 Å². The summed E-state index contributed by atoms with van der Waals surface area (Å²) >= 11 is 0. The van der Waals surface area contributed by atoms with Crippen LogP contribution in [0.15, 0.2) is 0 Å². The van der Waals surface area contributed by atoms with E-state index in [4.69, 9.17) is 96.2 Å². The van der Waals surface area contributed by atoms with Crippen LogP contribution in [0.3, 0.4) is 0 Å². The fourth-order valence-electron chi connectivity index (χ4n) is 0. The maximum Gasteiger partial charge on any atom is 0.466 e. The van der Waals surface area contributed by atoms with Crippen molar-refractivity contribution in [2.24, 2.45) is 0 Å². The molecule has 0 rings (SSSR count). The summed E-state index contributed by atoms with van der Waals surface area (Å²) in [4.78, 5) is 108. The minimum atomic E-state index is -4.64. The van der Waals surface area contributed by atoms with Gasteiger partial charge in [0.05, 0.1) is 0 Å². The molecule has 0 heterocycles. The summed E-state index contributed by atoms with van der Waals surface area (Å²) in [5.74, 6) is 0. The number of phosphoric acid groups is 5. The molecule has 0 aromatic carbocycles. The molecular weight excluding hydrogens is 615 g/mol. The molecular formula is H15CeO20P5. The average molecular weight is 630 g/mol. The molecule has 26 heavy (non-hydrogen) atoms. The SMILES string of the molecule is O=P(O)(O)O.O=P(O)(O)O.O=P(O)(O)O.O=P(O)(O)O.O=P(O)(O)O.[Ce]. The van der Waals surface area contributed by atoms with Crippen molar-refractivity contribution in [2.45, 2.75) is 0 Å². The Morgan fingerprint density at radius 3 is 0.269 bits per heavy atom. The molecule has 0 bridgehead atoms. The predicted molar refractivity (Wildman–Crippen MR) is 71.3 cm³/mol. The zero-order chi connectivity index (χ0) is 22.5. The van der Waals surface area contributed by atoms with Gasteiger partial charge in [-0.15, -0.1) is 0 Å². The van der Waals surface area contributed by atoms with Crippen molar-refractivity contribution < 1.29 is 138 Å². The number of rotatable bonds is 0. The Balaban J connectivity index is -0.0000000476. The molecule has 0 aromatic heterocycles. The first kappa shape index (κ1) is 42.1. The molecule has 0 unspecified atom stereocenters. The molecule has 0 amide bonds. The van der Waals surface area contributed by atoms with E-state index in [1.807, 2.05) is 0 Å². The maximum atomic E-state index is 8.88. The monoisotopic (exact) mass is 630 g/mol. The Labute approximate surface area is 176 Å². The molecule has 15 N–H and O–H groups in total. The van der Waals surface area contributed by atoms with Crippen LogP contribution in [0.1, 0.15) is 0 Å². The van der Waals surface area contributed by atoms with Crippen LogP contribution in [-0.4, -0.2) is 73.4 Å². The van der Waals surface area contributed by atoms with Gasteiger partial charge in [0.15, 0.2) is 0 Å². The van der Waals surface area contributed by atoms with Crippen LogP contribution in [0, 0.1) is 41.7 Å². The van der Waals surface area contributed by atoms with Crippen LogP contribution in [0.5, 0.6) is 0 Å². The molecule has 0 aliphatic carbocycles. The summed E-state index contributed by atoms with van der Waals surface area (Å²) in [5, 5.41) is 0. The van der Waals surface area contributed by atoms with E-state index in [2.05, 4.69) is 0 Å². The van der Waals surface area contributed by atoms with Gasteiger partial charge in [0.2, 0.25) is 0 Å². The van der Waals surface area contributed by atoms with E-state index in [0.717, 1.165) is 0 Å². The van der Waals surface area contributed by atoms with Crippen LogP contribution in [0.4, 0.5) is 0 Å². The van der Waals surface area contributed by atoms with Gasteiger partial charge in [-0.05, 0) is 0 Å². The molecule has 20 nitrogen and oxygen atoms in total. The van der Waals surface area contributed by atoms with Gasteiger partial charge in [-0.2, -0.15) is 0 Å². The zero-order valence-electron chi connectivity index (χ0n) is 11.5. The van der Waals surface area contributed by atoms with Gasteiger partial charge < -0.3 is 73.4 Å². The molecule has 0 aromatic rings. The third kappa shape index (κ3) is 4340. The predicted octanol–water partition coefficient (Wildman–Crippen LogP) is -4.64. The van der Waals surface area contributed by atoms with E-state index in [1.165, 1.54) is 0 Å². The fraction of sp³-hybridized carbons (Fsp3) is 0. The van der Waals surface area contributed by atoms with Crippen LogP contribution in [0.2, 0.25) is 0 Å². The van der Waals surface area contributed by atoms with Gasteiger partial charge in [-0.25, -0.2) is 22.8 Å². The minimum Gasteiger partial charge on any atom is -0.303 e. The third-order valence-electron chi connectivity index (χ3n) is 0. The van der Waals surface area contributed by atoms with E-state index in [9.17, 15) is 0 Å². The average Bonchev–Trinajstić information content (AvgIpc) is 1.79. The molecule has 0 aliphatic heterocycles. The van der Waals surface area contributed by atoms with E-state index < -0.39 is 39.1 Å². The summed E-state index contributed by atoms with van der Waals surface area (Å²) in [6.45, 7) is 0. The second-order valence-corrected chi connectivity index (χ2v) is 7.70. The van der Waals surface area contributed by atoms with Gasteiger partial charge in [-0.1, -0.05) is 0 Å². The second-order valence-electron chi connectivity index (χ2n) is 2.57. The molecule has 0 saturated carbocycles. The van der Waals surface area contributed by atoms with Crippen molar-refractivity contribution >= 4 is 39.1 Å². The Kier molecular flexibility index (Phi) is 28.8. The van der Waals surface area contributed by atoms with E-state index >= 15 is 0 Å². The van der Waals surface area contributed by atoms with E-state index in [-0.39, 0.29) is 41.7 Å². The maximum absolute atomic E-state index is 8.88. The van der Waals surface area contributed by atoms with Gasteiger partial charge in [0, 0.05) is 41.7 Å². The first-order valence-electron chi connectivity index (χ1n) is 3.91. The van der Waals surface area contributed by atoms with E-state index in [0.29, 0.717) is 0 Å². The zero-order valence-corrected chi connectivity index (χ0v) is 19.1. The van der Waals surface area contributed by atoms with Crippen molar-refractivity contribution in [1.29, 1.82) is 0 Å². The number of hydrogen-bond acceptors (Lipinski definition) is 5. The molecule has 0 atom stereocenters. The summed E-state index contributed by atoms with van der Waals surface area (Å²) in [7, 11) is -23.2. The van der Waals surface area contributed by atoms with Crippen LogP contribution < -0.4 is 0 Å². The molecule has 26 heteroatoms. The normalized spacial score (nSPS) is 11.3. The summed E-state index contributed by atoms with van der Waals surface area (Å²) < 4.78 is 44.4. The first-order valence-corrected chi connectivity index (χ1v) is 11.7. The smallest absolute Gasteiger partial charge is 0.303 e. The second kappa shape index (κ2) is 17.8. The molecule has 0 fully saturated rings.